The number of hydrogen-bond donors (Lipinski definition) is 1. The lowest BCUT2D eigenvalue weighted by Crippen LogP contribution is -2.13. The van der Waals surface area contributed by atoms with Gasteiger partial charge < -0.3 is 5.32 Å². The molecule has 0 spiro atoms. The van der Waals surface area contributed by atoms with E-state index in [1.807, 2.05) is 24.4 Å². The van der Waals surface area contributed by atoms with Gasteiger partial charge in [-0.1, -0.05) is 24.3 Å². The van der Waals surface area contributed by atoms with Crippen molar-refractivity contribution in [1.82, 2.24) is 15.3 Å². The van der Waals surface area contributed by atoms with Crippen LogP contribution in [0.15, 0.2) is 42.6 Å². The van der Waals surface area contributed by atoms with E-state index in [0.717, 1.165) is 29.3 Å². The van der Waals surface area contributed by atoms with E-state index in [-0.39, 0.29) is 0 Å². The molecule has 0 saturated heterocycles. The smallest absolute Gasteiger partial charge is 0.107 e. The Morgan fingerprint density at radius 2 is 2.00 bits per heavy atom. The highest BCUT2D eigenvalue weighted by atomic mass is 32.1. The van der Waals surface area contributed by atoms with Gasteiger partial charge in [0.15, 0.2) is 0 Å². The molecule has 0 radical (unpaired) electrons. The molecule has 4 heteroatoms. The summed E-state index contributed by atoms with van der Waals surface area (Å²) in [7, 11) is 0. The van der Waals surface area contributed by atoms with E-state index in [1.54, 1.807) is 11.3 Å². The molecule has 1 N–H and O–H groups in total. The third-order valence-electron chi connectivity index (χ3n) is 2.91. The van der Waals surface area contributed by atoms with Crippen LogP contribution in [0.5, 0.6) is 0 Å². The molecular weight excluding hydrogens is 254 g/mol. The second-order valence-corrected chi connectivity index (χ2v) is 5.78. The van der Waals surface area contributed by atoms with Crippen molar-refractivity contribution in [3.8, 4) is 0 Å². The molecule has 19 heavy (non-hydrogen) atoms. The van der Waals surface area contributed by atoms with Crippen molar-refractivity contribution in [2.75, 3.05) is 0 Å². The number of para-hydroxylation sites is 1. The second-order valence-electron chi connectivity index (χ2n) is 4.46. The van der Waals surface area contributed by atoms with Gasteiger partial charge in [-0.2, -0.15) is 0 Å². The molecule has 0 amide bonds. The SMILES string of the molecule is Cc1cnc(CNCc2ccc3ccccc3n2)s1. The normalized spacial score (nSPS) is 11.0. The summed E-state index contributed by atoms with van der Waals surface area (Å²) < 4.78 is 0. The molecule has 2 heterocycles. The van der Waals surface area contributed by atoms with Crippen molar-refractivity contribution in [2.24, 2.45) is 0 Å². The number of benzene rings is 1. The van der Waals surface area contributed by atoms with Crippen LogP contribution in [0.25, 0.3) is 10.9 Å². The molecule has 3 rings (SSSR count). The topological polar surface area (TPSA) is 37.8 Å². The third-order valence-corrected chi connectivity index (χ3v) is 3.82. The fourth-order valence-corrected chi connectivity index (χ4v) is 2.74. The molecule has 1 aromatic carbocycles. The summed E-state index contributed by atoms with van der Waals surface area (Å²) in [6.45, 7) is 3.64. The van der Waals surface area contributed by atoms with Gasteiger partial charge in [0.1, 0.15) is 5.01 Å². The summed E-state index contributed by atoms with van der Waals surface area (Å²) in [4.78, 5) is 10.2. The van der Waals surface area contributed by atoms with E-state index in [2.05, 4.69) is 40.4 Å². The van der Waals surface area contributed by atoms with Crippen molar-refractivity contribution >= 4 is 22.2 Å². The first kappa shape index (κ1) is 12.3. The predicted octanol–water partition coefficient (Wildman–Crippen LogP) is 3.29. The van der Waals surface area contributed by atoms with Gasteiger partial charge in [-0.15, -0.1) is 11.3 Å². The minimum absolute atomic E-state index is 0.767. The van der Waals surface area contributed by atoms with Gasteiger partial charge >= 0.3 is 0 Å². The molecule has 2 aromatic heterocycles. The lowest BCUT2D eigenvalue weighted by atomic mass is 10.2. The molecule has 0 atom stereocenters. The highest BCUT2D eigenvalue weighted by molar-refractivity contribution is 7.11. The van der Waals surface area contributed by atoms with Crippen LogP contribution in [0.4, 0.5) is 0 Å². The Morgan fingerprint density at radius 3 is 2.84 bits per heavy atom. The maximum atomic E-state index is 4.63. The van der Waals surface area contributed by atoms with Crippen LogP contribution in [0.3, 0.4) is 0 Å². The number of aromatic nitrogens is 2. The first-order valence-electron chi connectivity index (χ1n) is 6.28. The molecule has 0 bridgehead atoms. The Bertz CT molecular complexity index is 690. The van der Waals surface area contributed by atoms with Gasteiger partial charge in [0.05, 0.1) is 11.2 Å². The van der Waals surface area contributed by atoms with E-state index in [9.17, 15) is 0 Å². The molecule has 0 aliphatic rings. The van der Waals surface area contributed by atoms with Crippen molar-refractivity contribution in [3.63, 3.8) is 0 Å². The van der Waals surface area contributed by atoms with Crippen LogP contribution in [0, 0.1) is 6.92 Å². The molecule has 0 aliphatic heterocycles. The fourth-order valence-electron chi connectivity index (χ4n) is 1.99. The number of aryl methyl sites for hydroxylation is 1. The summed E-state index contributed by atoms with van der Waals surface area (Å²) in [6.07, 6.45) is 1.91. The van der Waals surface area contributed by atoms with Crippen molar-refractivity contribution in [3.05, 3.63) is 58.2 Å². The van der Waals surface area contributed by atoms with E-state index >= 15 is 0 Å². The monoisotopic (exact) mass is 269 g/mol. The Balaban J connectivity index is 1.65. The van der Waals surface area contributed by atoms with Gasteiger partial charge in [0.25, 0.3) is 0 Å². The van der Waals surface area contributed by atoms with Crippen LogP contribution in [-0.4, -0.2) is 9.97 Å². The zero-order valence-corrected chi connectivity index (χ0v) is 11.6. The molecule has 3 aromatic rings. The minimum atomic E-state index is 0.767. The molecule has 96 valence electrons. The predicted molar refractivity (Wildman–Crippen MR) is 79.1 cm³/mol. The molecule has 0 saturated carbocycles. The van der Waals surface area contributed by atoms with Gasteiger partial charge in [0, 0.05) is 29.5 Å². The minimum Gasteiger partial charge on any atom is -0.305 e. The van der Waals surface area contributed by atoms with Gasteiger partial charge in [-0.05, 0) is 19.1 Å². The number of rotatable bonds is 4. The van der Waals surface area contributed by atoms with Gasteiger partial charge in [0.2, 0.25) is 0 Å². The quantitative estimate of drug-likeness (QED) is 0.789. The summed E-state index contributed by atoms with van der Waals surface area (Å²) >= 11 is 1.73. The maximum Gasteiger partial charge on any atom is 0.107 e. The second kappa shape index (κ2) is 5.47. The number of thiazole rings is 1. The van der Waals surface area contributed by atoms with Crippen molar-refractivity contribution in [1.29, 1.82) is 0 Å². The van der Waals surface area contributed by atoms with Crippen LogP contribution < -0.4 is 5.32 Å². The average molecular weight is 269 g/mol. The summed E-state index contributed by atoms with van der Waals surface area (Å²) in [5, 5.41) is 5.69. The number of pyridine rings is 1. The van der Waals surface area contributed by atoms with Gasteiger partial charge in [-0.25, -0.2) is 4.98 Å². The molecule has 3 nitrogen and oxygen atoms in total. The number of nitrogens with one attached hydrogen (secondary N) is 1. The summed E-state index contributed by atoms with van der Waals surface area (Å²) in [5.74, 6) is 0. The van der Waals surface area contributed by atoms with Crippen LogP contribution in [0.2, 0.25) is 0 Å². The van der Waals surface area contributed by atoms with Crippen molar-refractivity contribution in [2.45, 2.75) is 20.0 Å². The average Bonchev–Trinajstić information content (AvgIpc) is 2.84. The molecule has 0 unspecified atom stereocenters. The van der Waals surface area contributed by atoms with Gasteiger partial charge in [-0.3, -0.25) is 4.98 Å². The van der Waals surface area contributed by atoms with E-state index < -0.39 is 0 Å². The highest BCUT2D eigenvalue weighted by Crippen LogP contribution is 2.13. The summed E-state index contributed by atoms with van der Waals surface area (Å²) in [6, 6.07) is 12.4. The zero-order valence-electron chi connectivity index (χ0n) is 10.8. The Kier molecular flexibility index (Phi) is 3.53. The van der Waals surface area contributed by atoms with Crippen LogP contribution in [-0.2, 0) is 13.1 Å². The first-order valence-corrected chi connectivity index (χ1v) is 7.09. The van der Waals surface area contributed by atoms with Crippen LogP contribution >= 0.6 is 11.3 Å². The highest BCUT2D eigenvalue weighted by Gasteiger charge is 2.00. The largest absolute Gasteiger partial charge is 0.305 e. The summed E-state index contributed by atoms with van der Waals surface area (Å²) in [5.41, 5.74) is 2.11. The molecular formula is C15H15N3S. The van der Waals surface area contributed by atoms with Crippen LogP contribution in [0.1, 0.15) is 15.6 Å². The number of nitrogens with zero attached hydrogens (tertiary/aromatic N) is 2. The molecule has 0 aliphatic carbocycles. The Morgan fingerprint density at radius 1 is 1.11 bits per heavy atom. The van der Waals surface area contributed by atoms with E-state index in [0.29, 0.717) is 0 Å². The Hall–Kier alpha value is -1.78. The number of fused-ring (bicyclic) bond motifs is 1. The van der Waals surface area contributed by atoms with E-state index in [1.165, 1.54) is 10.3 Å². The standard InChI is InChI=1S/C15H15N3S/c1-11-8-17-15(19-11)10-16-9-13-7-6-12-4-2-3-5-14(12)18-13/h2-8,16H,9-10H2,1H3. The lowest BCUT2D eigenvalue weighted by molar-refractivity contribution is 0.678. The van der Waals surface area contributed by atoms with E-state index in [4.69, 9.17) is 0 Å². The maximum absolute atomic E-state index is 4.63. The van der Waals surface area contributed by atoms with Crippen molar-refractivity contribution < 1.29 is 0 Å². The Labute approximate surface area is 116 Å². The first-order chi connectivity index (χ1) is 9.31. The lowest BCUT2D eigenvalue weighted by Gasteiger charge is -2.04. The number of hydrogen-bond acceptors (Lipinski definition) is 4. The molecule has 0 fully saturated rings. The zero-order chi connectivity index (χ0) is 13.1. The fraction of sp³-hybridized carbons (Fsp3) is 0.200. The third kappa shape index (κ3) is 2.97.